The van der Waals surface area contributed by atoms with Crippen LogP contribution in [0.3, 0.4) is 0 Å². The summed E-state index contributed by atoms with van der Waals surface area (Å²) in [5, 5.41) is 3.54. The fourth-order valence-electron chi connectivity index (χ4n) is 1.21. The summed E-state index contributed by atoms with van der Waals surface area (Å²) in [5.41, 5.74) is 0. The van der Waals surface area contributed by atoms with Crippen molar-refractivity contribution < 1.29 is 12.9 Å². The molecule has 0 fully saturated rings. The second-order valence-electron chi connectivity index (χ2n) is 3.28. The van der Waals surface area contributed by atoms with Crippen LogP contribution in [0.2, 0.25) is 0 Å². The first-order valence-electron chi connectivity index (χ1n) is 4.77. The number of aromatic nitrogens is 4. The van der Waals surface area contributed by atoms with Gasteiger partial charge in [-0.25, -0.2) is 13.4 Å². The zero-order valence-electron chi connectivity index (χ0n) is 8.87. The van der Waals surface area contributed by atoms with Crippen molar-refractivity contribution in [2.24, 2.45) is 0 Å². The molecule has 0 spiro atoms. The van der Waals surface area contributed by atoms with Crippen LogP contribution in [0.4, 0.5) is 0 Å². The van der Waals surface area contributed by atoms with Crippen molar-refractivity contribution in [2.75, 3.05) is 0 Å². The Balaban J connectivity index is 2.17. The summed E-state index contributed by atoms with van der Waals surface area (Å²) in [6.07, 6.45) is 3.31. The fourth-order valence-corrected chi connectivity index (χ4v) is 1.89. The Labute approximate surface area is 102 Å². The van der Waals surface area contributed by atoms with Crippen molar-refractivity contribution in [1.82, 2.24) is 19.7 Å². The maximum Gasteiger partial charge on any atom is 0.280 e. The van der Waals surface area contributed by atoms with E-state index < -0.39 is 9.05 Å². The number of rotatable bonds is 4. The van der Waals surface area contributed by atoms with Gasteiger partial charge in [0.15, 0.2) is 10.9 Å². The van der Waals surface area contributed by atoms with Gasteiger partial charge in [-0.3, -0.25) is 0 Å². The molecule has 2 aromatic heterocycles. The third-order valence-corrected chi connectivity index (χ3v) is 3.18. The highest BCUT2D eigenvalue weighted by molar-refractivity contribution is 8.13. The maximum absolute atomic E-state index is 11.0. The Bertz CT molecular complexity index is 618. The van der Waals surface area contributed by atoms with Gasteiger partial charge in [0.05, 0.1) is 12.9 Å². The molecule has 0 aliphatic heterocycles. The lowest BCUT2D eigenvalue weighted by molar-refractivity contribution is 0.375. The van der Waals surface area contributed by atoms with Crippen LogP contribution in [0.15, 0.2) is 22.1 Å². The molecule has 0 saturated carbocycles. The second-order valence-corrected chi connectivity index (χ2v) is 5.79. The molecule has 0 saturated heterocycles. The molecule has 0 unspecified atom stereocenters. The minimum Gasteiger partial charge on any atom is -0.339 e. The van der Waals surface area contributed by atoms with E-state index >= 15 is 0 Å². The Kier molecular flexibility index (Phi) is 3.16. The highest BCUT2D eigenvalue weighted by atomic mass is 35.7. The Morgan fingerprint density at radius 3 is 2.82 bits per heavy atom. The number of hydrogen-bond acceptors (Lipinski definition) is 6. The molecule has 2 heterocycles. The normalized spacial score (nSPS) is 11.9. The molecule has 0 aromatic carbocycles. The summed E-state index contributed by atoms with van der Waals surface area (Å²) >= 11 is 0. The van der Waals surface area contributed by atoms with Gasteiger partial charge in [-0.1, -0.05) is 12.1 Å². The number of hydrogen-bond donors (Lipinski definition) is 0. The molecule has 0 radical (unpaired) electrons. The van der Waals surface area contributed by atoms with E-state index in [0.717, 1.165) is 0 Å². The minimum absolute atomic E-state index is 0.196. The standard InChI is InChI=1S/C8H9ClN4O3S/c1-2-7-11-6(12-16-7)3-13-4-8(10-5-13)17(9,14)15/h4-5H,2-3H2,1H3. The van der Waals surface area contributed by atoms with E-state index in [1.165, 1.54) is 17.1 Å². The molecule has 0 bridgehead atoms. The van der Waals surface area contributed by atoms with Gasteiger partial charge in [0.1, 0.15) is 0 Å². The number of halogens is 1. The van der Waals surface area contributed by atoms with Gasteiger partial charge in [0.2, 0.25) is 5.89 Å². The molecular weight excluding hydrogens is 268 g/mol. The largest absolute Gasteiger partial charge is 0.339 e. The van der Waals surface area contributed by atoms with E-state index in [2.05, 4.69) is 15.1 Å². The predicted molar refractivity (Wildman–Crippen MR) is 58.0 cm³/mol. The molecular formula is C8H9ClN4O3S. The molecule has 2 rings (SSSR count). The third kappa shape index (κ3) is 2.83. The van der Waals surface area contributed by atoms with Gasteiger partial charge in [-0.05, 0) is 0 Å². The van der Waals surface area contributed by atoms with Crippen LogP contribution in [0.5, 0.6) is 0 Å². The molecule has 0 atom stereocenters. The number of imidazole rings is 1. The summed E-state index contributed by atoms with van der Waals surface area (Å²) in [6.45, 7) is 2.18. The van der Waals surface area contributed by atoms with Crippen LogP contribution in [0.25, 0.3) is 0 Å². The molecule has 0 aliphatic rings. The van der Waals surface area contributed by atoms with E-state index in [1.807, 2.05) is 6.92 Å². The average molecular weight is 277 g/mol. The van der Waals surface area contributed by atoms with Crippen LogP contribution in [0, 0.1) is 0 Å². The van der Waals surface area contributed by atoms with E-state index in [0.29, 0.717) is 18.1 Å². The molecule has 17 heavy (non-hydrogen) atoms. The Morgan fingerprint density at radius 2 is 2.29 bits per heavy atom. The first-order valence-corrected chi connectivity index (χ1v) is 7.08. The summed E-state index contributed by atoms with van der Waals surface area (Å²) < 4.78 is 28.4. The van der Waals surface area contributed by atoms with E-state index in [9.17, 15) is 8.42 Å². The third-order valence-electron chi connectivity index (χ3n) is 2.00. The van der Waals surface area contributed by atoms with E-state index in [4.69, 9.17) is 15.2 Å². The van der Waals surface area contributed by atoms with Crippen molar-refractivity contribution in [3.63, 3.8) is 0 Å². The van der Waals surface area contributed by atoms with Crippen molar-refractivity contribution in [3.05, 3.63) is 24.2 Å². The average Bonchev–Trinajstić information content (AvgIpc) is 2.86. The van der Waals surface area contributed by atoms with Crippen LogP contribution in [0.1, 0.15) is 18.6 Å². The highest BCUT2D eigenvalue weighted by Crippen LogP contribution is 2.12. The summed E-state index contributed by atoms with van der Waals surface area (Å²) in [7, 11) is 1.35. The summed E-state index contributed by atoms with van der Waals surface area (Å²) in [5.74, 6) is 0.989. The summed E-state index contributed by atoms with van der Waals surface area (Å²) in [6, 6.07) is 0. The lowest BCUT2D eigenvalue weighted by Gasteiger charge is -1.94. The zero-order valence-corrected chi connectivity index (χ0v) is 10.4. The molecule has 7 nitrogen and oxygen atoms in total. The molecule has 0 aliphatic carbocycles. The zero-order chi connectivity index (χ0) is 12.5. The van der Waals surface area contributed by atoms with Gasteiger partial charge in [-0.2, -0.15) is 4.98 Å². The Hall–Kier alpha value is -1.41. The number of nitrogens with zero attached hydrogens (tertiary/aromatic N) is 4. The van der Waals surface area contributed by atoms with Gasteiger partial charge in [0, 0.05) is 23.3 Å². The van der Waals surface area contributed by atoms with Gasteiger partial charge < -0.3 is 9.09 Å². The second kappa shape index (κ2) is 4.46. The van der Waals surface area contributed by atoms with Crippen molar-refractivity contribution in [2.45, 2.75) is 24.9 Å². The van der Waals surface area contributed by atoms with E-state index in [-0.39, 0.29) is 11.6 Å². The lowest BCUT2D eigenvalue weighted by Crippen LogP contribution is -1.99. The first kappa shape index (κ1) is 12.1. The monoisotopic (exact) mass is 276 g/mol. The van der Waals surface area contributed by atoms with Crippen molar-refractivity contribution >= 4 is 19.7 Å². The molecule has 0 amide bonds. The van der Waals surface area contributed by atoms with Gasteiger partial charge in [-0.15, -0.1) is 0 Å². The van der Waals surface area contributed by atoms with Crippen molar-refractivity contribution in [3.8, 4) is 0 Å². The van der Waals surface area contributed by atoms with Crippen LogP contribution < -0.4 is 0 Å². The molecule has 9 heteroatoms. The van der Waals surface area contributed by atoms with Crippen molar-refractivity contribution in [1.29, 1.82) is 0 Å². The SMILES string of the molecule is CCc1nc(Cn2cnc(S(=O)(=O)Cl)c2)no1. The maximum atomic E-state index is 11.0. The number of aryl methyl sites for hydroxylation is 1. The van der Waals surface area contributed by atoms with E-state index in [1.54, 1.807) is 0 Å². The fraction of sp³-hybridized carbons (Fsp3) is 0.375. The van der Waals surface area contributed by atoms with Gasteiger partial charge in [0.25, 0.3) is 9.05 Å². The highest BCUT2D eigenvalue weighted by Gasteiger charge is 2.14. The lowest BCUT2D eigenvalue weighted by atomic mass is 10.5. The minimum atomic E-state index is -3.80. The molecule has 92 valence electrons. The topological polar surface area (TPSA) is 90.9 Å². The predicted octanol–water partition coefficient (Wildman–Crippen LogP) is 0.804. The Morgan fingerprint density at radius 1 is 1.53 bits per heavy atom. The van der Waals surface area contributed by atoms with Crippen LogP contribution in [-0.4, -0.2) is 28.1 Å². The quantitative estimate of drug-likeness (QED) is 0.767. The van der Waals surface area contributed by atoms with Crippen LogP contribution >= 0.6 is 10.7 Å². The van der Waals surface area contributed by atoms with Gasteiger partial charge >= 0.3 is 0 Å². The first-order chi connectivity index (χ1) is 7.99. The summed E-state index contributed by atoms with van der Waals surface area (Å²) in [4.78, 5) is 7.75. The van der Waals surface area contributed by atoms with Crippen LogP contribution in [-0.2, 0) is 22.0 Å². The smallest absolute Gasteiger partial charge is 0.280 e. The molecule has 0 N–H and O–H groups in total. The molecule has 2 aromatic rings.